The van der Waals surface area contributed by atoms with Gasteiger partial charge in [-0.1, -0.05) is 29.3 Å². The molecule has 0 saturated heterocycles. The van der Waals surface area contributed by atoms with Crippen LogP contribution < -0.4 is 19.5 Å². The molecule has 1 aliphatic rings. The van der Waals surface area contributed by atoms with Crippen LogP contribution in [0.1, 0.15) is 6.92 Å². The van der Waals surface area contributed by atoms with E-state index in [1.807, 2.05) is 0 Å². The number of anilines is 1. The van der Waals surface area contributed by atoms with Gasteiger partial charge in [0.2, 0.25) is 6.79 Å². The van der Waals surface area contributed by atoms with Crippen molar-refractivity contribution in [1.82, 2.24) is 0 Å². The summed E-state index contributed by atoms with van der Waals surface area (Å²) in [6, 6.07) is 10.2. The van der Waals surface area contributed by atoms with Gasteiger partial charge in [-0.05, 0) is 31.2 Å². The predicted molar refractivity (Wildman–Crippen MR) is 87.7 cm³/mol. The lowest BCUT2D eigenvalue weighted by atomic mass is 10.2. The molecule has 120 valence electrons. The van der Waals surface area contributed by atoms with Crippen LogP contribution in [0.3, 0.4) is 0 Å². The molecule has 1 N–H and O–H groups in total. The standard InChI is InChI=1S/C16H13Cl2NO4/c1-9(23-13-4-2-3-11(17)15(13)18)16(20)19-10-5-6-12-14(7-10)22-8-21-12/h2-7,9H,8H2,1H3,(H,19,20)/t9-/m1/s1. The number of fused-ring (bicyclic) bond motifs is 1. The second-order valence-electron chi connectivity index (χ2n) is 4.87. The van der Waals surface area contributed by atoms with Crippen LogP contribution in [0, 0.1) is 0 Å². The second-order valence-corrected chi connectivity index (χ2v) is 5.65. The molecule has 0 spiro atoms. The SMILES string of the molecule is C[C@@H](Oc1cccc(Cl)c1Cl)C(=O)Nc1ccc2c(c1)OCO2. The van der Waals surface area contributed by atoms with Gasteiger partial charge in [-0.15, -0.1) is 0 Å². The highest BCUT2D eigenvalue weighted by Gasteiger charge is 2.19. The van der Waals surface area contributed by atoms with Crippen LogP contribution in [0.2, 0.25) is 10.0 Å². The summed E-state index contributed by atoms with van der Waals surface area (Å²) < 4.78 is 16.1. The fraction of sp³-hybridized carbons (Fsp3) is 0.188. The van der Waals surface area contributed by atoms with Gasteiger partial charge in [0.15, 0.2) is 17.6 Å². The van der Waals surface area contributed by atoms with E-state index in [1.165, 1.54) is 0 Å². The summed E-state index contributed by atoms with van der Waals surface area (Å²) in [5.41, 5.74) is 0.590. The summed E-state index contributed by atoms with van der Waals surface area (Å²) in [4.78, 5) is 12.2. The molecule has 1 amide bonds. The van der Waals surface area contributed by atoms with E-state index >= 15 is 0 Å². The number of nitrogens with one attached hydrogen (secondary N) is 1. The zero-order chi connectivity index (χ0) is 16.4. The van der Waals surface area contributed by atoms with Gasteiger partial charge in [-0.2, -0.15) is 0 Å². The maximum atomic E-state index is 12.2. The number of hydrogen-bond acceptors (Lipinski definition) is 4. The number of rotatable bonds is 4. The van der Waals surface area contributed by atoms with Crippen molar-refractivity contribution in [1.29, 1.82) is 0 Å². The average Bonchev–Trinajstić information content (AvgIpc) is 2.99. The fourth-order valence-corrected chi connectivity index (χ4v) is 2.37. The molecule has 7 heteroatoms. The lowest BCUT2D eigenvalue weighted by Gasteiger charge is -2.16. The Morgan fingerprint density at radius 3 is 2.83 bits per heavy atom. The van der Waals surface area contributed by atoms with E-state index in [9.17, 15) is 4.79 Å². The van der Waals surface area contributed by atoms with Crippen molar-refractivity contribution in [2.24, 2.45) is 0 Å². The highest BCUT2D eigenvalue weighted by molar-refractivity contribution is 6.42. The van der Waals surface area contributed by atoms with Gasteiger partial charge in [0.1, 0.15) is 10.8 Å². The van der Waals surface area contributed by atoms with E-state index in [4.69, 9.17) is 37.4 Å². The molecule has 1 atom stereocenters. The molecule has 2 aromatic carbocycles. The van der Waals surface area contributed by atoms with Gasteiger partial charge in [-0.3, -0.25) is 4.79 Å². The van der Waals surface area contributed by atoms with E-state index in [-0.39, 0.29) is 17.7 Å². The molecule has 0 unspecified atom stereocenters. The van der Waals surface area contributed by atoms with Crippen LogP contribution in [-0.2, 0) is 4.79 Å². The smallest absolute Gasteiger partial charge is 0.265 e. The van der Waals surface area contributed by atoms with Gasteiger partial charge >= 0.3 is 0 Å². The summed E-state index contributed by atoms with van der Waals surface area (Å²) in [6.07, 6.45) is -0.753. The Kier molecular flexibility index (Phi) is 4.50. The first-order chi connectivity index (χ1) is 11.0. The molecule has 0 aliphatic carbocycles. The molecule has 0 aromatic heterocycles. The van der Waals surface area contributed by atoms with E-state index in [0.29, 0.717) is 28.0 Å². The summed E-state index contributed by atoms with van der Waals surface area (Å²) in [6.45, 7) is 1.80. The van der Waals surface area contributed by atoms with Gasteiger partial charge in [-0.25, -0.2) is 0 Å². The van der Waals surface area contributed by atoms with Crippen LogP contribution >= 0.6 is 23.2 Å². The first-order valence-corrected chi connectivity index (χ1v) is 7.61. The summed E-state index contributed by atoms with van der Waals surface area (Å²) in [5.74, 6) is 1.28. The van der Waals surface area contributed by atoms with E-state index in [0.717, 1.165) is 0 Å². The molecule has 0 radical (unpaired) electrons. The van der Waals surface area contributed by atoms with Crippen molar-refractivity contribution < 1.29 is 19.0 Å². The Balaban J connectivity index is 1.67. The molecule has 23 heavy (non-hydrogen) atoms. The number of carbonyl (C=O) groups is 1. The highest BCUT2D eigenvalue weighted by Crippen LogP contribution is 2.34. The third kappa shape index (κ3) is 3.46. The molecule has 5 nitrogen and oxygen atoms in total. The Bertz CT molecular complexity index is 751. The number of ether oxygens (including phenoxy) is 3. The largest absolute Gasteiger partial charge is 0.479 e. The van der Waals surface area contributed by atoms with E-state index in [1.54, 1.807) is 43.3 Å². The number of carbonyl (C=O) groups excluding carboxylic acids is 1. The minimum absolute atomic E-state index is 0.180. The van der Waals surface area contributed by atoms with Crippen LogP contribution in [0.25, 0.3) is 0 Å². The molecule has 3 rings (SSSR count). The van der Waals surface area contributed by atoms with E-state index < -0.39 is 6.10 Å². The molecule has 0 bridgehead atoms. The lowest BCUT2D eigenvalue weighted by molar-refractivity contribution is -0.122. The number of hydrogen-bond donors (Lipinski definition) is 1. The maximum Gasteiger partial charge on any atom is 0.265 e. The predicted octanol–water partition coefficient (Wildman–Crippen LogP) is 4.13. The quantitative estimate of drug-likeness (QED) is 0.897. The Morgan fingerprint density at radius 1 is 1.22 bits per heavy atom. The first kappa shape index (κ1) is 15.8. The topological polar surface area (TPSA) is 56.8 Å². The third-order valence-electron chi connectivity index (χ3n) is 3.23. The summed E-state index contributed by atoms with van der Waals surface area (Å²) >= 11 is 12.0. The monoisotopic (exact) mass is 353 g/mol. The molecule has 2 aromatic rings. The first-order valence-electron chi connectivity index (χ1n) is 6.86. The number of halogens is 2. The fourth-order valence-electron chi connectivity index (χ4n) is 2.04. The normalized spacial score (nSPS) is 13.5. The van der Waals surface area contributed by atoms with Crippen molar-refractivity contribution in [3.63, 3.8) is 0 Å². The van der Waals surface area contributed by atoms with Crippen molar-refractivity contribution in [3.05, 3.63) is 46.4 Å². The zero-order valence-corrected chi connectivity index (χ0v) is 13.6. The molecule has 0 saturated carbocycles. The Labute approximate surface area is 143 Å². The minimum atomic E-state index is -0.753. The average molecular weight is 354 g/mol. The van der Waals surface area contributed by atoms with Gasteiger partial charge < -0.3 is 19.5 Å². The second kappa shape index (κ2) is 6.56. The zero-order valence-electron chi connectivity index (χ0n) is 12.1. The van der Waals surface area contributed by atoms with Gasteiger partial charge in [0.25, 0.3) is 5.91 Å². The van der Waals surface area contributed by atoms with Crippen molar-refractivity contribution >= 4 is 34.8 Å². The van der Waals surface area contributed by atoms with E-state index in [2.05, 4.69) is 5.32 Å². The summed E-state index contributed by atoms with van der Waals surface area (Å²) in [5, 5.41) is 3.39. The van der Waals surface area contributed by atoms with Crippen LogP contribution in [0.5, 0.6) is 17.2 Å². The maximum absolute atomic E-state index is 12.2. The number of benzene rings is 2. The molecule has 1 aliphatic heterocycles. The van der Waals surface area contributed by atoms with Crippen LogP contribution in [0.4, 0.5) is 5.69 Å². The lowest BCUT2D eigenvalue weighted by Crippen LogP contribution is -2.30. The van der Waals surface area contributed by atoms with Gasteiger partial charge in [0, 0.05) is 11.8 Å². The highest BCUT2D eigenvalue weighted by atomic mass is 35.5. The third-order valence-corrected chi connectivity index (χ3v) is 4.03. The van der Waals surface area contributed by atoms with Crippen molar-refractivity contribution in [2.75, 3.05) is 12.1 Å². The number of amides is 1. The molecule has 1 heterocycles. The Morgan fingerprint density at radius 2 is 2.00 bits per heavy atom. The molecular weight excluding hydrogens is 341 g/mol. The van der Waals surface area contributed by atoms with Crippen LogP contribution in [-0.4, -0.2) is 18.8 Å². The molecular formula is C16H13Cl2NO4. The van der Waals surface area contributed by atoms with Crippen LogP contribution in [0.15, 0.2) is 36.4 Å². The summed E-state index contributed by atoms with van der Waals surface area (Å²) in [7, 11) is 0. The molecule has 0 fully saturated rings. The van der Waals surface area contributed by atoms with Crippen molar-refractivity contribution in [2.45, 2.75) is 13.0 Å². The van der Waals surface area contributed by atoms with Gasteiger partial charge in [0.05, 0.1) is 5.02 Å². The van der Waals surface area contributed by atoms with Crippen molar-refractivity contribution in [3.8, 4) is 17.2 Å². The minimum Gasteiger partial charge on any atom is -0.479 e. The Hall–Kier alpha value is -2.11.